The summed E-state index contributed by atoms with van der Waals surface area (Å²) in [6.07, 6.45) is 0.562. The zero-order valence-electron chi connectivity index (χ0n) is 18.7. The molecule has 8 nitrogen and oxygen atoms in total. The van der Waals surface area contributed by atoms with Crippen LogP contribution in [0.5, 0.6) is 0 Å². The molecule has 0 saturated carbocycles. The largest absolute Gasteiger partial charge is 0.351 e. The maximum absolute atomic E-state index is 13.0. The van der Waals surface area contributed by atoms with Crippen LogP contribution in [0.25, 0.3) is 11.4 Å². The fourth-order valence-electron chi connectivity index (χ4n) is 3.93. The summed E-state index contributed by atoms with van der Waals surface area (Å²) in [7, 11) is -3.63. The standard InChI is InChI=1S/C25H23N5O3S2/c31-24(26-14-16-34-25-27-23(28-29-25)18-7-3-1-4-8-18)20-11-12-22-19(17-20)13-15-30(22)35(32,33)21-9-5-2-6-10-21/h1-12,17H,13-16H2,(H,26,31)(H,27,28,29). The number of thioether (sulfide) groups is 1. The van der Waals surface area contributed by atoms with Gasteiger partial charge in [-0.3, -0.25) is 14.2 Å². The fourth-order valence-corrected chi connectivity index (χ4v) is 6.10. The number of sulfonamides is 1. The second kappa shape index (κ2) is 9.93. The average Bonchev–Trinajstić information content (AvgIpc) is 3.55. The molecule has 5 rings (SSSR count). The predicted molar refractivity (Wildman–Crippen MR) is 136 cm³/mol. The molecular formula is C25H23N5O3S2. The third kappa shape index (κ3) is 4.94. The van der Waals surface area contributed by atoms with Gasteiger partial charge < -0.3 is 5.32 Å². The van der Waals surface area contributed by atoms with Crippen molar-refractivity contribution in [3.8, 4) is 11.4 Å². The molecule has 35 heavy (non-hydrogen) atoms. The van der Waals surface area contributed by atoms with Crippen LogP contribution in [0, 0.1) is 0 Å². The number of anilines is 1. The van der Waals surface area contributed by atoms with E-state index in [0.717, 1.165) is 11.1 Å². The van der Waals surface area contributed by atoms with E-state index in [1.807, 2.05) is 30.3 Å². The van der Waals surface area contributed by atoms with E-state index >= 15 is 0 Å². The van der Waals surface area contributed by atoms with E-state index < -0.39 is 10.0 Å². The highest BCUT2D eigenvalue weighted by atomic mass is 32.2. The van der Waals surface area contributed by atoms with Gasteiger partial charge in [-0.2, -0.15) is 0 Å². The van der Waals surface area contributed by atoms with Crippen LogP contribution in [0.3, 0.4) is 0 Å². The van der Waals surface area contributed by atoms with E-state index in [9.17, 15) is 13.2 Å². The summed E-state index contributed by atoms with van der Waals surface area (Å²) in [6.45, 7) is 0.806. The second-order valence-electron chi connectivity index (χ2n) is 7.92. The molecular weight excluding hydrogens is 482 g/mol. The molecule has 0 fully saturated rings. The Labute approximate surface area is 207 Å². The molecule has 1 aliphatic heterocycles. The number of fused-ring (bicyclic) bond motifs is 1. The second-order valence-corrected chi connectivity index (χ2v) is 10.8. The first kappa shape index (κ1) is 23.1. The zero-order valence-corrected chi connectivity index (χ0v) is 20.3. The number of carbonyl (C=O) groups excluding carboxylic acids is 1. The van der Waals surface area contributed by atoms with E-state index in [0.29, 0.717) is 47.5 Å². The van der Waals surface area contributed by atoms with Gasteiger partial charge in [0.15, 0.2) is 5.82 Å². The summed E-state index contributed by atoms with van der Waals surface area (Å²) >= 11 is 1.45. The Kier molecular flexibility index (Phi) is 6.56. The highest BCUT2D eigenvalue weighted by Crippen LogP contribution is 2.33. The number of rotatable bonds is 8. The molecule has 4 aromatic rings. The van der Waals surface area contributed by atoms with Crippen LogP contribution < -0.4 is 9.62 Å². The van der Waals surface area contributed by atoms with Gasteiger partial charge in [0.1, 0.15) is 0 Å². The molecule has 0 spiro atoms. The minimum atomic E-state index is -3.63. The molecule has 0 bridgehead atoms. The van der Waals surface area contributed by atoms with Gasteiger partial charge in [0, 0.05) is 30.0 Å². The molecule has 1 amide bonds. The monoisotopic (exact) mass is 505 g/mol. The van der Waals surface area contributed by atoms with Gasteiger partial charge >= 0.3 is 0 Å². The van der Waals surface area contributed by atoms with E-state index in [1.54, 1.807) is 48.5 Å². The van der Waals surface area contributed by atoms with Crippen molar-refractivity contribution in [1.29, 1.82) is 0 Å². The summed E-state index contributed by atoms with van der Waals surface area (Å²) in [5, 5.41) is 10.7. The third-order valence-corrected chi connectivity index (χ3v) is 8.33. The Morgan fingerprint density at radius 3 is 2.54 bits per heavy atom. The van der Waals surface area contributed by atoms with Gasteiger partial charge in [0.25, 0.3) is 15.9 Å². The molecule has 0 aliphatic carbocycles. The normalized spacial score (nSPS) is 13.0. The van der Waals surface area contributed by atoms with E-state index in [2.05, 4.69) is 20.5 Å². The summed E-state index contributed by atoms with van der Waals surface area (Å²) in [6, 6.07) is 23.3. The van der Waals surface area contributed by atoms with Crippen molar-refractivity contribution in [3.05, 3.63) is 90.0 Å². The Balaban J connectivity index is 1.17. The number of H-pyrrole nitrogens is 1. The molecule has 0 radical (unpaired) electrons. The van der Waals surface area contributed by atoms with Crippen LogP contribution in [0.4, 0.5) is 5.69 Å². The van der Waals surface area contributed by atoms with Gasteiger partial charge in [0.2, 0.25) is 5.16 Å². The molecule has 0 atom stereocenters. The van der Waals surface area contributed by atoms with Crippen LogP contribution >= 0.6 is 11.8 Å². The van der Waals surface area contributed by atoms with Crippen molar-refractivity contribution in [1.82, 2.24) is 20.5 Å². The van der Waals surface area contributed by atoms with Crippen molar-refractivity contribution in [3.63, 3.8) is 0 Å². The van der Waals surface area contributed by atoms with Gasteiger partial charge in [0.05, 0.1) is 10.6 Å². The van der Waals surface area contributed by atoms with Crippen LogP contribution in [0.1, 0.15) is 15.9 Å². The molecule has 1 aliphatic rings. The Morgan fingerprint density at radius 1 is 1.03 bits per heavy atom. The first-order chi connectivity index (χ1) is 17.0. The Hall–Kier alpha value is -3.63. The van der Waals surface area contributed by atoms with Crippen LogP contribution in [0.2, 0.25) is 0 Å². The van der Waals surface area contributed by atoms with Crippen molar-refractivity contribution in [2.24, 2.45) is 0 Å². The number of nitrogens with zero attached hydrogens (tertiary/aromatic N) is 3. The maximum atomic E-state index is 13.0. The van der Waals surface area contributed by atoms with E-state index in [-0.39, 0.29) is 10.8 Å². The summed E-state index contributed by atoms with van der Waals surface area (Å²) in [4.78, 5) is 17.4. The summed E-state index contributed by atoms with van der Waals surface area (Å²) in [5.41, 5.74) is 2.95. The zero-order chi connectivity index (χ0) is 24.3. The molecule has 0 unspecified atom stereocenters. The fraction of sp³-hybridized carbons (Fsp3) is 0.160. The number of carbonyl (C=O) groups is 1. The average molecular weight is 506 g/mol. The topological polar surface area (TPSA) is 108 Å². The molecule has 3 aromatic carbocycles. The molecule has 2 N–H and O–H groups in total. The molecule has 178 valence electrons. The summed E-state index contributed by atoms with van der Waals surface area (Å²) in [5.74, 6) is 1.13. The number of aromatic amines is 1. The van der Waals surface area contributed by atoms with Gasteiger partial charge in [-0.1, -0.05) is 60.3 Å². The highest BCUT2D eigenvalue weighted by molar-refractivity contribution is 7.99. The van der Waals surface area contributed by atoms with Crippen LogP contribution in [-0.4, -0.2) is 48.3 Å². The van der Waals surface area contributed by atoms with Crippen molar-refractivity contribution in [2.45, 2.75) is 16.5 Å². The van der Waals surface area contributed by atoms with E-state index in [4.69, 9.17) is 0 Å². The number of hydrogen-bond acceptors (Lipinski definition) is 6. The number of hydrogen-bond donors (Lipinski definition) is 2. The van der Waals surface area contributed by atoms with Crippen molar-refractivity contribution >= 4 is 33.4 Å². The quantitative estimate of drug-likeness (QED) is 0.279. The Bertz CT molecular complexity index is 1440. The summed E-state index contributed by atoms with van der Waals surface area (Å²) < 4.78 is 27.5. The number of nitrogens with one attached hydrogen (secondary N) is 2. The van der Waals surface area contributed by atoms with Crippen LogP contribution in [0.15, 0.2) is 88.9 Å². The van der Waals surface area contributed by atoms with E-state index in [1.165, 1.54) is 16.1 Å². The molecule has 1 aromatic heterocycles. The predicted octanol–water partition coefficient (Wildman–Crippen LogP) is 3.75. The SMILES string of the molecule is O=C(NCCSc1n[nH]c(-c2ccccc2)n1)c1ccc2c(c1)CCN2S(=O)(=O)c1ccccc1. The van der Waals surface area contributed by atoms with Crippen LogP contribution in [-0.2, 0) is 16.4 Å². The first-order valence-corrected chi connectivity index (χ1v) is 13.5. The third-order valence-electron chi connectivity index (χ3n) is 5.66. The number of benzene rings is 3. The lowest BCUT2D eigenvalue weighted by molar-refractivity contribution is 0.0956. The molecule has 2 heterocycles. The smallest absolute Gasteiger partial charge is 0.264 e. The lowest BCUT2D eigenvalue weighted by Gasteiger charge is -2.19. The maximum Gasteiger partial charge on any atom is 0.264 e. The minimum absolute atomic E-state index is 0.197. The van der Waals surface area contributed by atoms with Gasteiger partial charge in [-0.15, -0.1) is 5.10 Å². The van der Waals surface area contributed by atoms with Gasteiger partial charge in [-0.05, 0) is 42.3 Å². The molecule has 10 heteroatoms. The number of amides is 1. The lowest BCUT2D eigenvalue weighted by Crippen LogP contribution is -2.29. The number of aromatic nitrogens is 3. The molecule has 0 saturated heterocycles. The highest BCUT2D eigenvalue weighted by Gasteiger charge is 2.31. The van der Waals surface area contributed by atoms with Crippen molar-refractivity contribution in [2.75, 3.05) is 23.1 Å². The first-order valence-electron chi connectivity index (χ1n) is 11.1. The minimum Gasteiger partial charge on any atom is -0.351 e. The van der Waals surface area contributed by atoms with Gasteiger partial charge in [-0.25, -0.2) is 13.4 Å². The van der Waals surface area contributed by atoms with Crippen molar-refractivity contribution < 1.29 is 13.2 Å². The lowest BCUT2D eigenvalue weighted by atomic mass is 10.1. The Morgan fingerprint density at radius 2 is 1.77 bits per heavy atom.